The summed E-state index contributed by atoms with van der Waals surface area (Å²) in [6.45, 7) is 8.14. The van der Waals surface area contributed by atoms with Crippen molar-refractivity contribution in [2.75, 3.05) is 26.2 Å². The number of unbranched alkanes of at least 4 members (excludes halogenated alkanes) is 3. The molecule has 1 heterocycles. The van der Waals surface area contributed by atoms with Gasteiger partial charge >= 0.3 is 0 Å². The maximum Gasteiger partial charge on any atom is 0.0237 e. The van der Waals surface area contributed by atoms with Crippen LogP contribution in [0.1, 0.15) is 50.2 Å². The molecular formula is C18H30N2. The van der Waals surface area contributed by atoms with E-state index in [4.69, 9.17) is 0 Å². The van der Waals surface area contributed by atoms with Crippen molar-refractivity contribution in [1.82, 2.24) is 10.2 Å². The Kier molecular flexibility index (Phi) is 7.10. The van der Waals surface area contributed by atoms with Gasteiger partial charge in [-0.1, -0.05) is 50.5 Å². The monoisotopic (exact) mass is 274 g/mol. The Morgan fingerprint density at radius 3 is 2.75 bits per heavy atom. The van der Waals surface area contributed by atoms with Crippen LogP contribution < -0.4 is 5.32 Å². The van der Waals surface area contributed by atoms with Crippen molar-refractivity contribution in [2.45, 2.75) is 52.0 Å². The molecule has 1 aliphatic rings. The third-order valence-electron chi connectivity index (χ3n) is 4.24. The van der Waals surface area contributed by atoms with Crippen LogP contribution in [0.15, 0.2) is 24.3 Å². The van der Waals surface area contributed by atoms with E-state index in [0.717, 1.165) is 13.1 Å². The van der Waals surface area contributed by atoms with E-state index in [0.29, 0.717) is 0 Å². The van der Waals surface area contributed by atoms with Crippen molar-refractivity contribution < 1.29 is 0 Å². The summed E-state index contributed by atoms with van der Waals surface area (Å²) in [5, 5.41) is 3.59. The van der Waals surface area contributed by atoms with Crippen molar-refractivity contribution in [3.05, 3.63) is 35.4 Å². The van der Waals surface area contributed by atoms with Gasteiger partial charge in [0, 0.05) is 19.6 Å². The zero-order valence-electron chi connectivity index (χ0n) is 13.0. The lowest BCUT2D eigenvalue weighted by Gasteiger charge is -2.20. The fraction of sp³-hybridized carbons (Fsp3) is 0.667. The standard InChI is InChI=1S/C18H30N2/c1-2-3-4-7-12-19-13-15-20-14-8-11-17-9-5-6-10-18(17)16-20/h5-6,9-10,19H,2-4,7-8,11-16H2,1H3. The quantitative estimate of drug-likeness (QED) is 0.729. The van der Waals surface area contributed by atoms with Gasteiger partial charge in [0.1, 0.15) is 0 Å². The molecule has 0 fully saturated rings. The largest absolute Gasteiger partial charge is 0.315 e. The first-order valence-corrected chi connectivity index (χ1v) is 8.40. The highest BCUT2D eigenvalue weighted by Gasteiger charge is 2.12. The first-order chi connectivity index (χ1) is 9.90. The number of nitrogens with one attached hydrogen (secondary N) is 1. The number of hydrogen-bond acceptors (Lipinski definition) is 2. The topological polar surface area (TPSA) is 15.3 Å². The van der Waals surface area contributed by atoms with E-state index >= 15 is 0 Å². The molecule has 2 nitrogen and oxygen atoms in total. The van der Waals surface area contributed by atoms with Gasteiger partial charge in [-0.05, 0) is 43.5 Å². The van der Waals surface area contributed by atoms with Gasteiger partial charge in [-0.2, -0.15) is 0 Å². The fourth-order valence-corrected chi connectivity index (χ4v) is 3.00. The predicted octanol–water partition coefficient (Wildman–Crippen LogP) is 3.60. The van der Waals surface area contributed by atoms with Gasteiger partial charge in [-0.3, -0.25) is 4.90 Å². The molecule has 0 unspecified atom stereocenters. The second kappa shape index (κ2) is 9.15. The Hall–Kier alpha value is -0.860. The molecule has 0 saturated heterocycles. The molecule has 2 heteroatoms. The summed E-state index contributed by atoms with van der Waals surface area (Å²) in [7, 11) is 0. The van der Waals surface area contributed by atoms with E-state index in [9.17, 15) is 0 Å². The number of benzene rings is 1. The lowest BCUT2D eigenvalue weighted by molar-refractivity contribution is 0.269. The Bertz CT molecular complexity index is 375. The molecule has 1 aliphatic heterocycles. The van der Waals surface area contributed by atoms with Crippen LogP contribution in [0, 0.1) is 0 Å². The average molecular weight is 274 g/mol. The first kappa shape index (κ1) is 15.5. The molecule has 1 aromatic rings. The minimum Gasteiger partial charge on any atom is -0.315 e. The maximum atomic E-state index is 3.59. The molecule has 0 bridgehead atoms. The van der Waals surface area contributed by atoms with Crippen LogP contribution in [-0.2, 0) is 13.0 Å². The highest BCUT2D eigenvalue weighted by atomic mass is 15.1. The lowest BCUT2D eigenvalue weighted by Crippen LogP contribution is -2.32. The van der Waals surface area contributed by atoms with Crippen molar-refractivity contribution in [3.8, 4) is 0 Å². The summed E-state index contributed by atoms with van der Waals surface area (Å²) in [4.78, 5) is 2.60. The molecule has 0 amide bonds. The van der Waals surface area contributed by atoms with Crippen LogP contribution in [0.2, 0.25) is 0 Å². The smallest absolute Gasteiger partial charge is 0.0237 e. The fourth-order valence-electron chi connectivity index (χ4n) is 3.00. The highest BCUT2D eigenvalue weighted by molar-refractivity contribution is 5.27. The number of aryl methyl sites for hydroxylation is 1. The van der Waals surface area contributed by atoms with Crippen LogP contribution in [0.5, 0.6) is 0 Å². The minimum absolute atomic E-state index is 1.13. The molecular weight excluding hydrogens is 244 g/mol. The van der Waals surface area contributed by atoms with Gasteiger partial charge in [0.15, 0.2) is 0 Å². The van der Waals surface area contributed by atoms with Crippen molar-refractivity contribution in [2.24, 2.45) is 0 Å². The van der Waals surface area contributed by atoms with Gasteiger partial charge in [-0.25, -0.2) is 0 Å². The molecule has 0 aliphatic carbocycles. The molecule has 0 saturated carbocycles. The third-order valence-corrected chi connectivity index (χ3v) is 4.24. The second-order valence-electron chi connectivity index (χ2n) is 5.96. The Labute approximate surface area is 124 Å². The van der Waals surface area contributed by atoms with Crippen LogP contribution in [0.25, 0.3) is 0 Å². The van der Waals surface area contributed by atoms with Gasteiger partial charge in [0.25, 0.3) is 0 Å². The third kappa shape index (κ3) is 5.26. The summed E-state index contributed by atoms with van der Waals surface area (Å²) < 4.78 is 0. The van der Waals surface area contributed by atoms with Crippen LogP contribution in [0.3, 0.4) is 0 Å². The minimum atomic E-state index is 1.13. The van der Waals surface area contributed by atoms with E-state index in [-0.39, 0.29) is 0 Å². The zero-order chi connectivity index (χ0) is 14.0. The predicted molar refractivity (Wildman–Crippen MR) is 87.1 cm³/mol. The van der Waals surface area contributed by atoms with Crippen LogP contribution >= 0.6 is 0 Å². The SMILES string of the molecule is CCCCCCNCCN1CCCc2ccccc2C1. The lowest BCUT2D eigenvalue weighted by atomic mass is 10.0. The number of nitrogens with zero attached hydrogens (tertiary/aromatic N) is 1. The summed E-state index contributed by atoms with van der Waals surface area (Å²) in [5.41, 5.74) is 3.09. The normalized spacial score (nSPS) is 15.8. The summed E-state index contributed by atoms with van der Waals surface area (Å²) in [6.07, 6.45) is 7.96. The Morgan fingerprint density at radius 2 is 1.90 bits per heavy atom. The molecule has 1 N–H and O–H groups in total. The number of fused-ring (bicyclic) bond motifs is 1. The second-order valence-corrected chi connectivity index (χ2v) is 5.96. The maximum absolute atomic E-state index is 3.59. The molecule has 0 spiro atoms. The van der Waals surface area contributed by atoms with E-state index < -0.39 is 0 Å². The summed E-state index contributed by atoms with van der Waals surface area (Å²) in [6, 6.07) is 8.94. The summed E-state index contributed by atoms with van der Waals surface area (Å²) in [5.74, 6) is 0. The molecule has 112 valence electrons. The van der Waals surface area contributed by atoms with Crippen molar-refractivity contribution in [3.63, 3.8) is 0 Å². The van der Waals surface area contributed by atoms with E-state index in [1.807, 2.05) is 0 Å². The van der Waals surface area contributed by atoms with Crippen LogP contribution in [0.4, 0.5) is 0 Å². The number of hydrogen-bond donors (Lipinski definition) is 1. The summed E-state index contributed by atoms with van der Waals surface area (Å²) >= 11 is 0. The zero-order valence-corrected chi connectivity index (χ0v) is 13.0. The van der Waals surface area contributed by atoms with Crippen LogP contribution in [-0.4, -0.2) is 31.1 Å². The average Bonchev–Trinajstić information content (AvgIpc) is 2.68. The number of rotatable bonds is 8. The highest BCUT2D eigenvalue weighted by Crippen LogP contribution is 2.17. The molecule has 1 aromatic carbocycles. The van der Waals surface area contributed by atoms with Gasteiger partial charge in [-0.15, -0.1) is 0 Å². The van der Waals surface area contributed by atoms with Gasteiger partial charge < -0.3 is 5.32 Å². The molecule has 20 heavy (non-hydrogen) atoms. The van der Waals surface area contributed by atoms with Crippen molar-refractivity contribution in [1.29, 1.82) is 0 Å². The molecule has 0 aromatic heterocycles. The van der Waals surface area contributed by atoms with E-state index in [2.05, 4.69) is 41.4 Å². The van der Waals surface area contributed by atoms with E-state index in [1.54, 1.807) is 5.56 Å². The van der Waals surface area contributed by atoms with Gasteiger partial charge in [0.2, 0.25) is 0 Å². The van der Waals surface area contributed by atoms with Crippen molar-refractivity contribution >= 4 is 0 Å². The molecule has 2 rings (SSSR count). The Morgan fingerprint density at radius 1 is 1.05 bits per heavy atom. The van der Waals surface area contributed by atoms with E-state index in [1.165, 1.54) is 63.7 Å². The molecule has 0 radical (unpaired) electrons. The Balaban J connectivity index is 1.64. The van der Waals surface area contributed by atoms with Gasteiger partial charge in [0.05, 0.1) is 0 Å². The molecule has 0 atom stereocenters. The first-order valence-electron chi connectivity index (χ1n) is 8.40.